The van der Waals surface area contributed by atoms with Crippen molar-refractivity contribution in [2.24, 2.45) is 0 Å². The summed E-state index contributed by atoms with van der Waals surface area (Å²) in [6.07, 6.45) is 1.64. The topological polar surface area (TPSA) is 42.0 Å². The van der Waals surface area contributed by atoms with E-state index in [0.717, 1.165) is 10.5 Å². The Morgan fingerprint density at radius 1 is 0.972 bits per heavy atom. The highest BCUT2D eigenvalue weighted by Gasteiger charge is 2.34. The first-order chi connectivity index (χ1) is 17.0. The number of para-hydroxylation sites is 1. The molecule has 0 fully saturated rings. The number of hydrogen-bond donors (Lipinski definition) is 1. The summed E-state index contributed by atoms with van der Waals surface area (Å²) in [4.78, 5) is 19.4. The third kappa shape index (κ3) is 5.59. The van der Waals surface area contributed by atoms with E-state index in [2.05, 4.69) is 43.2 Å². The summed E-state index contributed by atoms with van der Waals surface area (Å²) in [5.41, 5.74) is 3.55. The van der Waals surface area contributed by atoms with Gasteiger partial charge in [-0.05, 0) is 48.6 Å². The van der Waals surface area contributed by atoms with Crippen LogP contribution in [0.3, 0.4) is 0 Å². The second-order valence-corrected chi connectivity index (χ2v) is 11.2. The van der Waals surface area contributed by atoms with Gasteiger partial charge in [0.1, 0.15) is 0 Å². The van der Waals surface area contributed by atoms with Crippen molar-refractivity contribution in [3.63, 3.8) is 0 Å². The SMILES string of the molecule is Cc1ccc(C(F)(F)CNC(=O)c2c(Sc3ccc(C(C)(C)C)cc3)cnc3ccccc23)c(C)c1. The van der Waals surface area contributed by atoms with Crippen LogP contribution in [-0.2, 0) is 11.3 Å². The predicted molar refractivity (Wildman–Crippen MR) is 143 cm³/mol. The highest BCUT2D eigenvalue weighted by Crippen LogP contribution is 2.35. The minimum absolute atomic E-state index is 0.0276. The van der Waals surface area contributed by atoms with Crippen LogP contribution in [0.5, 0.6) is 0 Å². The fraction of sp³-hybridized carbons (Fsp3) is 0.267. The van der Waals surface area contributed by atoms with Gasteiger partial charge in [-0.2, -0.15) is 8.78 Å². The van der Waals surface area contributed by atoms with Gasteiger partial charge in [-0.3, -0.25) is 9.78 Å². The van der Waals surface area contributed by atoms with Crippen molar-refractivity contribution in [2.75, 3.05) is 6.54 Å². The van der Waals surface area contributed by atoms with Gasteiger partial charge in [0.05, 0.1) is 17.6 Å². The fourth-order valence-corrected chi connectivity index (χ4v) is 5.12. The second-order valence-electron chi connectivity index (χ2n) is 10.1. The van der Waals surface area contributed by atoms with E-state index >= 15 is 8.78 Å². The predicted octanol–water partition coefficient (Wildman–Crippen LogP) is 7.82. The van der Waals surface area contributed by atoms with Crippen molar-refractivity contribution in [2.45, 2.75) is 55.7 Å². The van der Waals surface area contributed by atoms with Crippen LogP contribution in [0.1, 0.15) is 53.4 Å². The number of aryl methyl sites for hydroxylation is 2. The summed E-state index contributed by atoms with van der Waals surface area (Å²) in [6, 6.07) is 20.2. The standard InChI is InChI=1S/C30H30F2N2OS/c1-19-10-15-24(20(2)16-19)30(31,32)18-34-28(35)27-23-8-6-7-9-25(23)33-17-26(27)36-22-13-11-21(12-14-22)29(3,4)5/h6-17H,18H2,1-5H3,(H,34,35). The van der Waals surface area contributed by atoms with Crippen molar-refractivity contribution in [1.29, 1.82) is 0 Å². The molecule has 4 aromatic rings. The number of fused-ring (bicyclic) bond motifs is 1. The molecule has 0 saturated heterocycles. The van der Waals surface area contributed by atoms with E-state index in [-0.39, 0.29) is 11.0 Å². The molecule has 0 bridgehead atoms. The van der Waals surface area contributed by atoms with Crippen LogP contribution in [0.4, 0.5) is 8.78 Å². The molecule has 0 atom stereocenters. The Balaban J connectivity index is 1.64. The number of rotatable bonds is 6. The first-order valence-corrected chi connectivity index (χ1v) is 12.7. The van der Waals surface area contributed by atoms with E-state index in [1.165, 1.54) is 23.4 Å². The smallest absolute Gasteiger partial charge is 0.290 e. The van der Waals surface area contributed by atoms with E-state index in [4.69, 9.17) is 0 Å². The van der Waals surface area contributed by atoms with Crippen LogP contribution in [0, 0.1) is 13.8 Å². The highest BCUT2D eigenvalue weighted by molar-refractivity contribution is 7.99. The maximum absolute atomic E-state index is 15.1. The number of nitrogens with zero attached hydrogens (tertiary/aromatic N) is 1. The molecule has 1 heterocycles. The van der Waals surface area contributed by atoms with E-state index in [1.807, 2.05) is 37.3 Å². The van der Waals surface area contributed by atoms with Gasteiger partial charge in [0.25, 0.3) is 11.8 Å². The number of carbonyl (C=O) groups is 1. The monoisotopic (exact) mass is 504 g/mol. The maximum Gasteiger partial charge on any atom is 0.290 e. The normalized spacial score (nSPS) is 12.1. The number of pyridine rings is 1. The van der Waals surface area contributed by atoms with Crippen molar-refractivity contribution < 1.29 is 13.6 Å². The van der Waals surface area contributed by atoms with Gasteiger partial charge in [-0.25, -0.2) is 0 Å². The van der Waals surface area contributed by atoms with Gasteiger partial charge in [0.15, 0.2) is 0 Å². The number of halogens is 2. The molecule has 1 N–H and O–H groups in total. The number of alkyl halides is 2. The van der Waals surface area contributed by atoms with E-state index in [0.29, 0.717) is 26.9 Å². The van der Waals surface area contributed by atoms with Gasteiger partial charge >= 0.3 is 0 Å². The molecule has 1 aromatic heterocycles. The second kappa shape index (κ2) is 10.0. The van der Waals surface area contributed by atoms with Crippen LogP contribution in [0.25, 0.3) is 10.9 Å². The summed E-state index contributed by atoms with van der Waals surface area (Å²) in [6.45, 7) is 9.18. The molecule has 0 saturated carbocycles. The zero-order valence-corrected chi connectivity index (χ0v) is 22.0. The Bertz CT molecular complexity index is 1410. The lowest BCUT2D eigenvalue weighted by molar-refractivity contribution is -0.00308. The lowest BCUT2D eigenvalue weighted by atomic mass is 9.87. The third-order valence-electron chi connectivity index (χ3n) is 6.16. The molecule has 3 aromatic carbocycles. The van der Waals surface area contributed by atoms with Crippen molar-refractivity contribution in [3.05, 3.63) is 101 Å². The fourth-order valence-electron chi connectivity index (χ4n) is 4.18. The molecule has 0 aliphatic carbocycles. The van der Waals surface area contributed by atoms with Crippen LogP contribution < -0.4 is 5.32 Å². The number of nitrogens with one attached hydrogen (secondary N) is 1. The van der Waals surface area contributed by atoms with E-state index < -0.39 is 18.4 Å². The molecule has 1 amide bonds. The van der Waals surface area contributed by atoms with E-state index in [9.17, 15) is 4.79 Å². The number of amides is 1. The minimum atomic E-state index is -3.20. The molecular formula is C30H30F2N2OS. The molecule has 4 rings (SSSR count). The number of carbonyl (C=O) groups excluding carboxylic acids is 1. The molecule has 3 nitrogen and oxygen atoms in total. The van der Waals surface area contributed by atoms with Gasteiger partial charge in [-0.1, -0.05) is 86.6 Å². The van der Waals surface area contributed by atoms with Crippen LogP contribution in [0.15, 0.2) is 82.7 Å². The molecule has 0 aliphatic heterocycles. The van der Waals surface area contributed by atoms with E-state index in [1.54, 1.807) is 31.3 Å². The van der Waals surface area contributed by atoms with Crippen LogP contribution in [-0.4, -0.2) is 17.4 Å². The summed E-state index contributed by atoms with van der Waals surface area (Å²) < 4.78 is 30.2. The first-order valence-electron chi connectivity index (χ1n) is 11.9. The van der Waals surface area contributed by atoms with Crippen LogP contribution >= 0.6 is 11.8 Å². The molecule has 0 spiro atoms. The molecule has 186 valence electrons. The Labute approximate surface area is 215 Å². The highest BCUT2D eigenvalue weighted by atomic mass is 32.2. The molecular weight excluding hydrogens is 474 g/mol. The Hall–Kier alpha value is -3.25. The van der Waals surface area contributed by atoms with Gasteiger partial charge in [0.2, 0.25) is 0 Å². The number of benzene rings is 3. The molecule has 6 heteroatoms. The van der Waals surface area contributed by atoms with Gasteiger partial charge in [0, 0.05) is 26.9 Å². The lowest BCUT2D eigenvalue weighted by Crippen LogP contribution is -2.35. The zero-order valence-electron chi connectivity index (χ0n) is 21.2. The summed E-state index contributed by atoms with van der Waals surface area (Å²) in [5.74, 6) is -3.75. The zero-order chi connectivity index (χ0) is 26.1. The molecule has 0 radical (unpaired) electrons. The average Bonchev–Trinajstić information content (AvgIpc) is 2.82. The van der Waals surface area contributed by atoms with Crippen LogP contribution in [0.2, 0.25) is 0 Å². The number of aromatic nitrogens is 1. The Morgan fingerprint density at radius 2 is 1.67 bits per heavy atom. The Morgan fingerprint density at radius 3 is 2.33 bits per heavy atom. The summed E-state index contributed by atoms with van der Waals surface area (Å²) >= 11 is 1.40. The van der Waals surface area contributed by atoms with Crippen molar-refractivity contribution >= 4 is 28.6 Å². The number of hydrogen-bond acceptors (Lipinski definition) is 3. The molecule has 0 aliphatic rings. The third-order valence-corrected chi connectivity index (χ3v) is 7.20. The molecule has 0 unspecified atom stereocenters. The quantitative estimate of drug-likeness (QED) is 0.291. The van der Waals surface area contributed by atoms with Gasteiger partial charge in [-0.15, -0.1) is 0 Å². The molecule has 36 heavy (non-hydrogen) atoms. The Kier molecular flexibility index (Phi) is 7.19. The lowest BCUT2D eigenvalue weighted by Gasteiger charge is -2.21. The average molecular weight is 505 g/mol. The van der Waals surface area contributed by atoms with Crippen molar-refractivity contribution in [3.8, 4) is 0 Å². The minimum Gasteiger partial charge on any atom is -0.346 e. The summed E-state index contributed by atoms with van der Waals surface area (Å²) in [5, 5.41) is 3.12. The van der Waals surface area contributed by atoms with Gasteiger partial charge < -0.3 is 5.32 Å². The van der Waals surface area contributed by atoms with Crippen molar-refractivity contribution in [1.82, 2.24) is 10.3 Å². The first kappa shape index (κ1) is 25.8. The maximum atomic E-state index is 15.1. The summed E-state index contributed by atoms with van der Waals surface area (Å²) in [7, 11) is 0. The largest absolute Gasteiger partial charge is 0.346 e.